The van der Waals surface area contributed by atoms with E-state index in [2.05, 4.69) is 25.0 Å². The van der Waals surface area contributed by atoms with E-state index in [4.69, 9.17) is 0 Å². The van der Waals surface area contributed by atoms with Gasteiger partial charge in [0.2, 0.25) is 11.9 Å². The van der Waals surface area contributed by atoms with E-state index in [0.29, 0.717) is 45.1 Å². The van der Waals surface area contributed by atoms with E-state index >= 15 is 0 Å². The topological polar surface area (TPSA) is 68.4 Å². The van der Waals surface area contributed by atoms with E-state index in [1.807, 2.05) is 0 Å². The van der Waals surface area contributed by atoms with Gasteiger partial charge in [0.1, 0.15) is 23.6 Å². The van der Waals surface area contributed by atoms with Gasteiger partial charge >= 0.3 is 0 Å². The highest BCUT2D eigenvalue weighted by Gasteiger charge is 2.39. The minimum absolute atomic E-state index is 0.239. The van der Waals surface area contributed by atoms with Gasteiger partial charge in [-0.25, -0.2) is 13.9 Å². The van der Waals surface area contributed by atoms with Crippen LogP contribution in [0.5, 0.6) is 0 Å². The molecule has 1 aromatic carbocycles. The average molecular weight is 348 g/mol. The zero-order chi connectivity index (χ0) is 17.4. The van der Waals surface area contributed by atoms with Crippen molar-refractivity contribution in [2.24, 2.45) is 0 Å². The highest BCUT2D eigenvalue weighted by atomic mass is 19.1. The Balaban J connectivity index is 1.44. The van der Waals surface area contributed by atoms with Crippen molar-refractivity contribution in [1.29, 1.82) is 0 Å². The molecule has 1 unspecified atom stereocenters. The van der Waals surface area contributed by atoms with Crippen LogP contribution in [-0.2, 0) is 4.79 Å². The monoisotopic (exact) mass is 348 g/mol. The molecule has 2 aromatic rings. The van der Waals surface area contributed by atoms with Crippen LogP contribution in [-0.4, -0.2) is 64.8 Å². The van der Waals surface area contributed by atoms with Crippen molar-refractivity contribution >= 4 is 17.5 Å². The van der Waals surface area contributed by atoms with Gasteiger partial charge in [0.25, 0.3) is 0 Å². The number of aromatic nitrogens is 3. The molecular formula is C16H18F2N6O. The number of hydrogen-bond acceptors (Lipinski definition) is 5. The first kappa shape index (κ1) is 15.9. The summed E-state index contributed by atoms with van der Waals surface area (Å²) in [5.74, 6) is -0.933. The van der Waals surface area contributed by atoms with Crippen LogP contribution in [0.4, 0.5) is 20.4 Å². The zero-order valence-electron chi connectivity index (χ0n) is 13.5. The molecule has 2 saturated heterocycles. The van der Waals surface area contributed by atoms with Gasteiger partial charge in [-0.15, -0.1) is 0 Å². The summed E-state index contributed by atoms with van der Waals surface area (Å²) in [6, 6.07) is 3.31. The third kappa shape index (κ3) is 2.84. The van der Waals surface area contributed by atoms with Gasteiger partial charge < -0.3 is 9.80 Å². The van der Waals surface area contributed by atoms with Gasteiger partial charge in [0.15, 0.2) is 0 Å². The molecule has 0 bridgehead atoms. The molecule has 9 heteroatoms. The Kier molecular flexibility index (Phi) is 4.08. The molecule has 4 rings (SSSR count). The van der Waals surface area contributed by atoms with Crippen molar-refractivity contribution in [3.63, 3.8) is 0 Å². The predicted molar refractivity (Wildman–Crippen MR) is 87.3 cm³/mol. The molecule has 0 aliphatic carbocycles. The highest BCUT2D eigenvalue weighted by molar-refractivity contribution is 5.99. The van der Waals surface area contributed by atoms with Gasteiger partial charge in [-0.1, -0.05) is 6.07 Å². The molecule has 1 N–H and O–H groups in total. The molecule has 0 saturated carbocycles. The second-order valence-corrected chi connectivity index (χ2v) is 6.20. The van der Waals surface area contributed by atoms with E-state index < -0.39 is 11.6 Å². The van der Waals surface area contributed by atoms with Crippen molar-refractivity contribution in [2.75, 3.05) is 42.5 Å². The number of halogens is 2. The van der Waals surface area contributed by atoms with Crippen LogP contribution in [0.25, 0.3) is 0 Å². The molecule has 1 amide bonds. The Bertz CT molecular complexity index is 740. The maximum Gasteiger partial charge on any atom is 0.244 e. The standard InChI is InChI=1S/C16H18F2N6O/c17-11-2-1-3-12(18)14(11)24-5-4-13(15(24)25)22-6-8-23(9-7-22)16-19-10-20-21-16/h1-3,10,13H,4-9H2,(H,19,20,21). The second kappa shape index (κ2) is 6.40. The first-order valence-electron chi connectivity index (χ1n) is 8.25. The summed E-state index contributed by atoms with van der Waals surface area (Å²) in [6.07, 6.45) is 2.03. The summed E-state index contributed by atoms with van der Waals surface area (Å²) >= 11 is 0. The average Bonchev–Trinajstić information content (AvgIpc) is 3.26. The summed E-state index contributed by atoms with van der Waals surface area (Å²) < 4.78 is 28.0. The lowest BCUT2D eigenvalue weighted by molar-refractivity contribution is -0.121. The fraction of sp³-hybridized carbons (Fsp3) is 0.438. The summed E-state index contributed by atoms with van der Waals surface area (Å²) in [5, 5.41) is 6.67. The first-order valence-corrected chi connectivity index (χ1v) is 8.25. The number of piperazine rings is 1. The van der Waals surface area contributed by atoms with E-state index in [9.17, 15) is 13.6 Å². The van der Waals surface area contributed by atoms with Crippen molar-refractivity contribution < 1.29 is 13.6 Å². The summed E-state index contributed by atoms with van der Waals surface area (Å²) in [6.45, 7) is 3.12. The molecule has 1 aromatic heterocycles. The van der Waals surface area contributed by atoms with E-state index in [1.165, 1.54) is 29.4 Å². The van der Waals surface area contributed by atoms with Crippen molar-refractivity contribution in [1.82, 2.24) is 20.1 Å². The Morgan fingerprint density at radius 2 is 1.80 bits per heavy atom. The van der Waals surface area contributed by atoms with E-state index in [1.54, 1.807) is 0 Å². The quantitative estimate of drug-likeness (QED) is 0.897. The number of H-pyrrole nitrogens is 1. The maximum atomic E-state index is 14.0. The number of carbonyl (C=O) groups excluding carboxylic acids is 1. The van der Waals surface area contributed by atoms with E-state index in [0.717, 1.165) is 0 Å². The number of para-hydroxylation sites is 1. The van der Waals surface area contributed by atoms with Crippen LogP contribution in [0, 0.1) is 11.6 Å². The Labute approximate surface area is 143 Å². The smallest absolute Gasteiger partial charge is 0.244 e. The minimum Gasteiger partial charge on any atom is -0.339 e. The molecule has 2 aliphatic heterocycles. The van der Waals surface area contributed by atoms with Crippen molar-refractivity contribution in [3.8, 4) is 0 Å². The number of nitrogens with one attached hydrogen (secondary N) is 1. The molecule has 7 nitrogen and oxygen atoms in total. The lowest BCUT2D eigenvalue weighted by atomic mass is 10.2. The molecule has 2 fully saturated rings. The predicted octanol–water partition coefficient (Wildman–Crippen LogP) is 1.01. The number of anilines is 2. The fourth-order valence-corrected chi connectivity index (χ4v) is 3.57. The largest absolute Gasteiger partial charge is 0.339 e. The number of nitrogens with zero attached hydrogens (tertiary/aromatic N) is 5. The Morgan fingerprint density at radius 3 is 2.44 bits per heavy atom. The van der Waals surface area contributed by atoms with Crippen LogP contribution in [0.2, 0.25) is 0 Å². The van der Waals surface area contributed by atoms with Crippen molar-refractivity contribution in [3.05, 3.63) is 36.2 Å². The fourth-order valence-electron chi connectivity index (χ4n) is 3.57. The maximum absolute atomic E-state index is 14.0. The van der Waals surface area contributed by atoms with Crippen LogP contribution in [0.1, 0.15) is 6.42 Å². The Hall–Kier alpha value is -2.55. The van der Waals surface area contributed by atoms with Crippen LogP contribution in [0.3, 0.4) is 0 Å². The number of amides is 1. The number of aromatic amines is 1. The van der Waals surface area contributed by atoms with Crippen molar-refractivity contribution in [2.45, 2.75) is 12.5 Å². The SMILES string of the molecule is O=C1C(N2CCN(c3ncn[nH]3)CC2)CCN1c1c(F)cccc1F. The first-order chi connectivity index (χ1) is 12.1. The summed E-state index contributed by atoms with van der Waals surface area (Å²) in [5.41, 5.74) is -0.240. The Morgan fingerprint density at radius 1 is 1.08 bits per heavy atom. The number of carbonyl (C=O) groups is 1. The van der Waals surface area contributed by atoms with Gasteiger partial charge in [0, 0.05) is 32.7 Å². The normalized spacial score (nSPS) is 22.0. The zero-order valence-corrected chi connectivity index (χ0v) is 13.5. The lowest BCUT2D eigenvalue weighted by Crippen LogP contribution is -2.53. The minimum atomic E-state index is -0.705. The molecule has 0 spiro atoms. The lowest BCUT2D eigenvalue weighted by Gasteiger charge is -2.36. The molecule has 132 valence electrons. The van der Waals surface area contributed by atoms with Gasteiger partial charge in [-0.05, 0) is 18.6 Å². The number of rotatable bonds is 3. The summed E-state index contributed by atoms with van der Waals surface area (Å²) in [7, 11) is 0. The van der Waals surface area contributed by atoms with Crippen LogP contribution in [0.15, 0.2) is 24.5 Å². The van der Waals surface area contributed by atoms with Gasteiger partial charge in [-0.2, -0.15) is 10.1 Å². The molecule has 25 heavy (non-hydrogen) atoms. The number of hydrogen-bond donors (Lipinski definition) is 1. The molecule has 2 aliphatic rings. The van der Waals surface area contributed by atoms with Gasteiger partial charge in [-0.3, -0.25) is 9.69 Å². The third-order valence-electron chi connectivity index (χ3n) is 4.84. The van der Waals surface area contributed by atoms with E-state index in [-0.39, 0.29) is 17.6 Å². The second-order valence-electron chi connectivity index (χ2n) is 6.20. The molecular weight excluding hydrogens is 330 g/mol. The third-order valence-corrected chi connectivity index (χ3v) is 4.84. The van der Waals surface area contributed by atoms with Gasteiger partial charge in [0.05, 0.1) is 6.04 Å². The van der Waals surface area contributed by atoms with Crippen LogP contribution >= 0.6 is 0 Å². The molecule has 3 heterocycles. The molecule has 0 radical (unpaired) electrons. The number of benzene rings is 1. The summed E-state index contributed by atoms with van der Waals surface area (Å²) in [4.78, 5) is 22.2. The van der Waals surface area contributed by atoms with Crippen LogP contribution < -0.4 is 9.80 Å². The highest BCUT2D eigenvalue weighted by Crippen LogP contribution is 2.29. The molecule has 1 atom stereocenters.